The van der Waals surface area contributed by atoms with Crippen molar-refractivity contribution < 1.29 is 4.74 Å². The van der Waals surface area contributed by atoms with Crippen LogP contribution in [0.1, 0.15) is 47.9 Å². The van der Waals surface area contributed by atoms with E-state index in [-0.39, 0.29) is 12.2 Å². The largest absolute Gasteiger partial charge is 0.363 e. The summed E-state index contributed by atoms with van der Waals surface area (Å²) in [5, 5.41) is 1.02. The zero-order valence-corrected chi connectivity index (χ0v) is 18.3. The fourth-order valence-electron chi connectivity index (χ4n) is 3.73. The van der Waals surface area contributed by atoms with Crippen LogP contribution in [0.4, 0.5) is 0 Å². The topological polar surface area (TPSA) is 51.4 Å². The van der Waals surface area contributed by atoms with E-state index in [9.17, 15) is 0 Å². The Hall–Kier alpha value is -2.23. The SMILES string of the molecule is CN1CCC(OC(c2cccc(C#CCCCN)c2)c2nc3ccccc3s2)CC1. The van der Waals surface area contributed by atoms with Crippen LogP contribution in [0.2, 0.25) is 0 Å². The predicted octanol–water partition coefficient (Wildman–Crippen LogP) is 4.59. The summed E-state index contributed by atoms with van der Waals surface area (Å²) in [6.07, 6.45) is 3.94. The third-order valence-electron chi connectivity index (χ3n) is 5.46. The van der Waals surface area contributed by atoms with Gasteiger partial charge in [0.05, 0.1) is 16.3 Å². The highest BCUT2D eigenvalue weighted by Crippen LogP contribution is 2.35. The molecule has 3 aromatic rings. The molecule has 4 nitrogen and oxygen atoms in total. The summed E-state index contributed by atoms with van der Waals surface area (Å²) in [6.45, 7) is 2.83. The molecule has 1 aliphatic rings. The lowest BCUT2D eigenvalue weighted by Gasteiger charge is -2.31. The number of piperidine rings is 1. The number of ether oxygens (including phenoxy) is 1. The molecular formula is C25H29N3OS. The number of aromatic nitrogens is 1. The number of fused-ring (bicyclic) bond motifs is 1. The Morgan fingerprint density at radius 2 is 2.03 bits per heavy atom. The number of rotatable bonds is 6. The first kappa shape index (κ1) is 21.0. The zero-order chi connectivity index (χ0) is 20.8. The van der Waals surface area contributed by atoms with Gasteiger partial charge in [-0.25, -0.2) is 4.98 Å². The zero-order valence-electron chi connectivity index (χ0n) is 17.5. The highest BCUT2D eigenvalue weighted by atomic mass is 32.1. The second-order valence-corrected chi connectivity index (χ2v) is 8.92. The first-order valence-corrected chi connectivity index (χ1v) is 11.5. The smallest absolute Gasteiger partial charge is 0.134 e. The number of thiazole rings is 1. The van der Waals surface area contributed by atoms with Crippen LogP contribution in [0.5, 0.6) is 0 Å². The third kappa shape index (κ3) is 5.27. The van der Waals surface area contributed by atoms with E-state index >= 15 is 0 Å². The van der Waals surface area contributed by atoms with E-state index in [0.717, 1.165) is 60.4 Å². The molecule has 0 amide bonds. The minimum atomic E-state index is -0.165. The predicted molar refractivity (Wildman–Crippen MR) is 125 cm³/mol. The molecule has 5 heteroatoms. The Morgan fingerprint density at radius 3 is 2.83 bits per heavy atom. The monoisotopic (exact) mass is 419 g/mol. The molecule has 1 aromatic heterocycles. The number of hydrogen-bond donors (Lipinski definition) is 1. The van der Waals surface area contributed by atoms with Crippen molar-refractivity contribution in [1.82, 2.24) is 9.88 Å². The van der Waals surface area contributed by atoms with Gasteiger partial charge in [0.15, 0.2) is 0 Å². The third-order valence-corrected chi connectivity index (χ3v) is 6.54. The normalized spacial score (nSPS) is 16.3. The van der Waals surface area contributed by atoms with Gasteiger partial charge in [0.1, 0.15) is 11.1 Å². The lowest BCUT2D eigenvalue weighted by atomic mass is 10.0. The number of nitrogens with zero attached hydrogens (tertiary/aromatic N) is 2. The molecule has 2 heterocycles. The average Bonchev–Trinajstić information content (AvgIpc) is 3.20. The molecule has 0 aliphatic carbocycles. The molecule has 0 bridgehead atoms. The first-order chi connectivity index (χ1) is 14.7. The van der Waals surface area contributed by atoms with Crippen molar-refractivity contribution in [3.63, 3.8) is 0 Å². The Morgan fingerprint density at radius 1 is 1.20 bits per heavy atom. The number of likely N-dealkylation sites (tertiary alicyclic amines) is 1. The molecule has 0 spiro atoms. The van der Waals surface area contributed by atoms with Crippen molar-refractivity contribution in [3.8, 4) is 11.8 Å². The van der Waals surface area contributed by atoms with Gasteiger partial charge in [0.2, 0.25) is 0 Å². The number of unbranched alkanes of at least 4 members (excludes halogenated alkanes) is 1. The van der Waals surface area contributed by atoms with Crippen LogP contribution < -0.4 is 5.73 Å². The fourth-order valence-corrected chi connectivity index (χ4v) is 4.76. The molecule has 1 saturated heterocycles. The summed E-state index contributed by atoms with van der Waals surface area (Å²) in [5.74, 6) is 6.50. The minimum absolute atomic E-state index is 0.165. The average molecular weight is 420 g/mol. The minimum Gasteiger partial charge on any atom is -0.363 e. The number of hydrogen-bond acceptors (Lipinski definition) is 5. The fraction of sp³-hybridized carbons (Fsp3) is 0.400. The molecule has 156 valence electrons. The molecule has 30 heavy (non-hydrogen) atoms. The lowest BCUT2D eigenvalue weighted by molar-refractivity contribution is -0.0234. The Bertz CT molecular complexity index is 994. The quantitative estimate of drug-likeness (QED) is 0.469. The highest BCUT2D eigenvalue weighted by Gasteiger charge is 2.26. The first-order valence-electron chi connectivity index (χ1n) is 10.7. The van der Waals surface area contributed by atoms with Gasteiger partial charge in [-0.3, -0.25) is 0 Å². The van der Waals surface area contributed by atoms with Gasteiger partial charge in [0.25, 0.3) is 0 Å². The van der Waals surface area contributed by atoms with Crippen LogP contribution in [0.3, 0.4) is 0 Å². The van der Waals surface area contributed by atoms with E-state index in [0.29, 0.717) is 6.54 Å². The molecule has 0 saturated carbocycles. The van der Waals surface area contributed by atoms with E-state index in [1.807, 2.05) is 6.07 Å². The molecule has 1 atom stereocenters. The van der Waals surface area contributed by atoms with Crippen molar-refractivity contribution >= 4 is 21.6 Å². The molecule has 1 unspecified atom stereocenters. The second kappa shape index (κ2) is 10.2. The number of benzene rings is 2. The van der Waals surface area contributed by atoms with Gasteiger partial charge in [-0.1, -0.05) is 36.1 Å². The maximum atomic E-state index is 6.70. The highest BCUT2D eigenvalue weighted by molar-refractivity contribution is 7.18. The van der Waals surface area contributed by atoms with Crippen LogP contribution in [0.25, 0.3) is 10.2 Å². The standard InChI is InChI=1S/C25H29N3OS/c1-28-16-13-21(14-17-28)29-24(25-27-22-11-4-5-12-23(22)30-25)20-10-7-9-19(18-20)8-3-2-6-15-26/h4-5,7,9-12,18,21,24H,2,6,13-17,26H2,1H3. The summed E-state index contributed by atoms with van der Waals surface area (Å²) in [5.41, 5.74) is 8.75. The Kier molecular flexibility index (Phi) is 7.14. The van der Waals surface area contributed by atoms with Crippen LogP contribution >= 0.6 is 11.3 Å². The van der Waals surface area contributed by atoms with Crippen LogP contribution in [-0.2, 0) is 4.74 Å². The molecular weight excluding hydrogens is 390 g/mol. The Balaban J connectivity index is 1.63. The van der Waals surface area contributed by atoms with Crippen molar-refractivity contribution in [2.24, 2.45) is 5.73 Å². The molecule has 1 fully saturated rings. The maximum Gasteiger partial charge on any atom is 0.134 e. The van der Waals surface area contributed by atoms with Gasteiger partial charge < -0.3 is 15.4 Å². The molecule has 2 aromatic carbocycles. The second-order valence-electron chi connectivity index (χ2n) is 7.86. The molecule has 2 N–H and O–H groups in total. The van der Waals surface area contributed by atoms with Gasteiger partial charge >= 0.3 is 0 Å². The molecule has 4 rings (SSSR count). The van der Waals surface area contributed by atoms with Crippen LogP contribution in [-0.4, -0.2) is 42.7 Å². The number of nitrogens with two attached hydrogens (primary N) is 1. The molecule has 0 radical (unpaired) electrons. The van der Waals surface area contributed by atoms with E-state index in [4.69, 9.17) is 15.5 Å². The van der Waals surface area contributed by atoms with Gasteiger partial charge in [0, 0.05) is 25.1 Å². The van der Waals surface area contributed by atoms with E-state index < -0.39 is 0 Å². The van der Waals surface area contributed by atoms with E-state index in [2.05, 4.69) is 66.3 Å². The Labute approximate surface area is 183 Å². The summed E-state index contributed by atoms with van der Waals surface area (Å²) >= 11 is 1.72. The van der Waals surface area contributed by atoms with Crippen molar-refractivity contribution in [2.75, 3.05) is 26.7 Å². The van der Waals surface area contributed by atoms with Crippen LogP contribution in [0, 0.1) is 11.8 Å². The van der Waals surface area contributed by atoms with Crippen molar-refractivity contribution in [3.05, 3.63) is 64.7 Å². The van der Waals surface area contributed by atoms with Crippen molar-refractivity contribution in [1.29, 1.82) is 0 Å². The summed E-state index contributed by atoms with van der Waals surface area (Å²) in [6, 6.07) is 16.7. The maximum absolute atomic E-state index is 6.70. The summed E-state index contributed by atoms with van der Waals surface area (Å²) in [4.78, 5) is 7.28. The van der Waals surface area contributed by atoms with Gasteiger partial charge in [-0.2, -0.15) is 0 Å². The van der Waals surface area contributed by atoms with E-state index in [1.54, 1.807) is 11.3 Å². The van der Waals surface area contributed by atoms with Crippen LogP contribution in [0.15, 0.2) is 48.5 Å². The number of para-hydroxylation sites is 1. The molecule has 1 aliphatic heterocycles. The summed E-state index contributed by atoms with van der Waals surface area (Å²) < 4.78 is 7.89. The summed E-state index contributed by atoms with van der Waals surface area (Å²) in [7, 11) is 2.17. The van der Waals surface area contributed by atoms with E-state index in [1.165, 1.54) is 4.70 Å². The lowest BCUT2D eigenvalue weighted by Crippen LogP contribution is -2.35. The van der Waals surface area contributed by atoms with Gasteiger partial charge in [-0.05, 0) is 62.7 Å². The van der Waals surface area contributed by atoms with Crippen molar-refractivity contribution in [2.45, 2.75) is 37.9 Å². The van der Waals surface area contributed by atoms with Gasteiger partial charge in [-0.15, -0.1) is 11.3 Å².